The van der Waals surface area contributed by atoms with E-state index in [1.165, 1.54) is 6.07 Å². The monoisotopic (exact) mass is 432 g/mol. The number of halogens is 1. The van der Waals surface area contributed by atoms with Gasteiger partial charge in [0.2, 0.25) is 5.91 Å². The lowest BCUT2D eigenvalue weighted by molar-refractivity contribution is -0.125. The van der Waals surface area contributed by atoms with Crippen LogP contribution in [0, 0.1) is 5.82 Å². The maximum absolute atomic E-state index is 13.9. The van der Waals surface area contributed by atoms with Crippen molar-refractivity contribution in [2.75, 3.05) is 30.0 Å². The molecule has 1 heterocycles. The summed E-state index contributed by atoms with van der Waals surface area (Å²) in [4.78, 5) is 25.9. The second-order valence-corrected chi connectivity index (χ2v) is 7.72. The van der Waals surface area contributed by atoms with E-state index in [4.69, 9.17) is 4.74 Å². The van der Waals surface area contributed by atoms with Gasteiger partial charge < -0.3 is 15.0 Å². The van der Waals surface area contributed by atoms with Gasteiger partial charge in [-0.2, -0.15) is 0 Å². The molecule has 1 aliphatic rings. The number of anilines is 2. The smallest absolute Gasteiger partial charge is 0.253 e. The summed E-state index contributed by atoms with van der Waals surface area (Å²) >= 11 is 0. The highest BCUT2D eigenvalue weighted by Crippen LogP contribution is 2.23. The fraction of sp³-hybridized carbons (Fsp3) is 0.231. The standard InChI is InChI=1S/C26H25FN2O3/c27-24-6-2-1-5-23(24)20-10-8-19(9-11-20)4-3-7-25(30)28-21-12-14-22(15-13-21)29-16-17-32-18-26(29)31/h1-2,5-6,8-15H,3-4,7,16-18H2,(H,28,30). The van der Waals surface area contributed by atoms with Crippen LogP contribution < -0.4 is 10.2 Å². The molecular weight excluding hydrogens is 407 g/mol. The van der Waals surface area contributed by atoms with E-state index in [0.29, 0.717) is 37.2 Å². The van der Waals surface area contributed by atoms with Crippen molar-refractivity contribution in [1.82, 2.24) is 0 Å². The summed E-state index contributed by atoms with van der Waals surface area (Å²) in [5.74, 6) is -0.348. The number of ether oxygens (including phenoxy) is 1. The van der Waals surface area contributed by atoms with E-state index < -0.39 is 0 Å². The van der Waals surface area contributed by atoms with E-state index >= 15 is 0 Å². The Labute approximate surface area is 186 Å². The first-order valence-corrected chi connectivity index (χ1v) is 10.7. The van der Waals surface area contributed by atoms with Gasteiger partial charge in [-0.3, -0.25) is 9.59 Å². The van der Waals surface area contributed by atoms with E-state index in [9.17, 15) is 14.0 Å². The molecule has 1 fully saturated rings. The van der Waals surface area contributed by atoms with Crippen molar-refractivity contribution in [3.8, 4) is 11.1 Å². The zero-order valence-corrected chi connectivity index (χ0v) is 17.7. The average molecular weight is 432 g/mol. The Hall–Kier alpha value is -3.51. The molecule has 0 aromatic heterocycles. The van der Waals surface area contributed by atoms with E-state index in [2.05, 4.69) is 5.32 Å². The van der Waals surface area contributed by atoms with Crippen LogP contribution in [-0.2, 0) is 20.7 Å². The molecule has 6 heteroatoms. The molecule has 1 N–H and O–H groups in total. The van der Waals surface area contributed by atoms with Crippen LogP contribution in [0.15, 0.2) is 72.8 Å². The SMILES string of the molecule is O=C(CCCc1ccc(-c2ccccc2F)cc1)Nc1ccc(N2CCOCC2=O)cc1. The zero-order valence-electron chi connectivity index (χ0n) is 17.7. The van der Waals surface area contributed by atoms with Crippen LogP contribution in [0.1, 0.15) is 18.4 Å². The lowest BCUT2D eigenvalue weighted by Crippen LogP contribution is -2.41. The van der Waals surface area contributed by atoms with Crippen molar-refractivity contribution in [2.24, 2.45) is 0 Å². The van der Waals surface area contributed by atoms with Gasteiger partial charge in [0.1, 0.15) is 12.4 Å². The fourth-order valence-corrected chi connectivity index (χ4v) is 3.74. The van der Waals surface area contributed by atoms with Gasteiger partial charge in [-0.05, 0) is 54.3 Å². The number of carbonyl (C=O) groups is 2. The zero-order chi connectivity index (χ0) is 22.3. The molecule has 0 atom stereocenters. The first kappa shape index (κ1) is 21.7. The summed E-state index contributed by atoms with van der Waals surface area (Å²) in [7, 11) is 0. The van der Waals surface area contributed by atoms with Crippen molar-refractivity contribution in [3.05, 3.63) is 84.2 Å². The lowest BCUT2D eigenvalue weighted by Gasteiger charge is -2.26. The highest BCUT2D eigenvalue weighted by Gasteiger charge is 2.19. The second kappa shape index (κ2) is 10.2. The number of nitrogens with zero attached hydrogens (tertiary/aromatic N) is 1. The van der Waals surface area contributed by atoms with Gasteiger partial charge in [-0.15, -0.1) is 0 Å². The molecule has 0 aliphatic carbocycles. The predicted octanol–water partition coefficient (Wildman–Crippen LogP) is 4.82. The van der Waals surface area contributed by atoms with Crippen LogP contribution in [0.5, 0.6) is 0 Å². The minimum atomic E-state index is -0.235. The molecule has 32 heavy (non-hydrogen) atoms. The second-order valence-electron chi connectivity index (χ2n) is 7.72. The van der Waals surface area contributed by atoms with Gasteiger partial charge in [-0.25, -0.2) is 4.39 Å². The summed E-state index contributed by atoms with van der Waals surface area (Å²) in [6.07, 6.45) is 1.88. The Bertz CT molecular complexity index is 1080. The molecule has 0 bridgehead atoms. The highest BCUT2D eigenvalue weighted by molar-refractivity contribution is 5.95. The van der Waals surface area contributed by atoms with E-state index in [-0.39, 0.29) is 24.2 Å². The quantitative estimate of drug-likeness (QED) is 0.583. The third-order valence-corrected chi connectivity index (χ3v) is 5.46. The number of carbonyl (C=O) groups excluding carboxylic acids is 2. The van der Waals surface area contributed by atoms with E-state index in [1.807, 2.05) is 42.5 Å². The summed E-state index contributed by atoms with van der Waals surface area (Å²) in [6, 6.07) is 21.8. The molecule has 3 aromatic carbocycles. The Kier molecular flexibility index (Phi) is 6.92. The minimum absolute atomic E-state index is 0.0526. The van der Waals surface area contributed by atoms with Gasteiger partial charge >= 0.3 is 0 Å². The number of morpholine rings is 1. The minimum Gasteiger partial charge on any atom is -0.370 e. The molecular formula is C26H25FN2O3. The van der Waals surface area contributed by atoms with Crippen molar-refractivity contribution >= 4 is 23.2 Å². The number of amides is 2. The highest BCUT2D eigenvalue weighted by atomic mass is 19.1. The first-order valence-electron chi connectivity index (χ1n) is 10.7. The van der Waals surface area contributed by atoms with Crippen LogP contribution >= 0.6 is 0 Å². The van der Waals surface area contributed by atoms with Gasteiger partial charge in [0.25, 0.3) is 5.91 Å². The Balaban J connectivity index is 1.24. The predicted molar refractivity (Wildman–Crippen MR) is 123 cm³/mol. The fourth-order valence-electron chi connectivity index (χ4n) is 3.74. The van der Waals surface area contributed by atoms with E-state index in [0.717, 1.165) is 23.2 Å². The maximum atomic E-state index is 13.9. The number of rotatable bonds is 7. The third kappa shape index (κ3) is 5.39. The molecule has 0 radical (unpaired) electrons. The van der Waals surface area contributed by atoms with Crippen LogP contribution in [0.2, 0.25) is 0 Å². The molecule has 0 saturated carbocycles. The van der Waals surface area contributed by atoms with Crippen molar-refractivity contribution in [1.29, 1.82) is 0 Å². The molecule has 5 nitrogen and oxygen atoms in total. The molecule has 4 rings (SSSR count). The Morgan fingerprint density at radius 2 is 1.75 bits per heavy atom. The molecule has 164 valence electrons. The maximum Gasteiger partial charge on any atom is 0.253 e. The Morgan fingerprint density at radius 3 is 2.47 bits per heavy atom. The molecule has 0 unspecified atom stereocenters. The summed E-state index contributed by atoms with van der Waals surface area (Å²) in [5.41, 5.74) is 4.04. The van der Waals surface area contributed by atoms with E-state index in [1.54, 1.807) is 29.2 Å². The number of hydrogen-bond acceptors (Lipinski definition) is 3. The molecule has 0 spiro atoms. The molecule has 1 saturated heterocycles. The van der Waals surface area contributed by atoms with Crippen LogP contribution in [-0.4, -0.2) is 31.6 Å². The lowest BCUT2D eigenvalue weighted by atomic mass is 10.0. The largest absolute Gasteiger partial charge is 0.370 e. The normalized spacial score (nSPS) is 13.8. The van der Waals surface area contributed by atoms with Gasteiger partial charge in [0, 0.05) is 29.9 Å². The van der Waals surface area contributed by atoms with Crippen molar-refractivity contribution < 1.29 is 18.7 Å². The number of benzene rings is 3. The topological polar surface area (TPSA) is 58.6 Å². The molecule has 3 aromatic rings. The van der Waals surface area contributed by atoms with Crippen LogP contribution in [0.3, 0.4) is 0 Å². The summed E-state index contributed by atoms with van der Waals surface area (Å²) in [6.45, 7) is 1.16. The summed E-state index contributed by atoms with van der Waals surface area (Å²) < 4.78 is 19.1. The molecule has 2 amide bonds. The van der Waals surface area contributed by atoms with Crippen molar-refractivity contribution in [3.63, 3.8) is 0 Å². The number of nitrogens with one attached hydrogen (secondary N) is 1. The number of hydrogen-bond donors (Lipinski definition) is 1. The third-order valence-electron chi connectivity index (χ3n) is 5.46. The van der Waals surface area contributed by atoms with Gasteiger partial charge in [-0.1, -0.05) is 42.5 Å². The molecule has 1 aliphatic heterocycles. The van der Waals surface area contributed by atoms with Gasteiger partial charge in [0.15, 0.2) is 0 Å². The average Bonchev–Trinajstić information content (AvgIpc) is 2.81. The Morgan fingerprint density at radius 1 is 1.00 bits per heavy atom. The first-order chi connectivity index (χ1) is 15.6. The van der Waals surface area contributed by atoms with Gasteiger partial charge in [0.05, 0.1) is 6.61 Å². The van der Waals surface area contributed by atoms with Crippen LogP contribution in [0.4, 0.5) is 15.8 Å². The van der Waals surface area contributed by atoms with Crippen molar-refractivity contribution in [2.45, 2.75) is 19.3 Å². The summed E-state index contributed by atoms with van der Waals surface area (Å²) in [5, 5.41) is 2.90. The van der Waals surface area contributed by atoms with Crippen LogP contribution in [0.25, 0.3) is 11.1 Å². The number of aryl methyl sites for hydroxylation is 1.